The van der Waals surface area contributed by atoms with Gasteiger partial charge in [-0.15, -0.1) is 0 Å². The van der Waals surface area contributed by atoms with Crippen molar-refractivity contribution >= 4 is 0 Å². The molecule has 1 aliphatic carbocycles. The Bertz CT molecular complexity index is 748. The number of alkyl halides is 12. The summed E-state index contributed by atoms with van der Waals surface area (Å²) in [5.74, 6) is -3.94. The van der Waals surface area contributed by atoms with Gasteiger partial charge in [-0.05, 0) is 6.08 Å². The van der Waals surface area contributed by atoms with Crippen molar-refractivity contribution in [1.29, 1.82) is 10.5 Å². The Balaban J connectivity index is 3.33. The lowest BCUT2D eigenvalue weighted by atomic mass is 9.89. The maximum atomic E-state index is 12.6. The molecule has 168 valence electrons. The van der Waals surface area contributed by atoms with Gasteiger partial charge >= 0.3 is 24.7 Å². The van der Waals surface area contributed by atoms with Crippen molar-refractivity contribution < 1.29 is 62.2 Å². The highest BCUT2D eigenvalue weighted by atomic mass is 19.4. The fourth-order valence-electron chi connectivity index (χ4n) is 2.13. The van der Waals surface area contributed by atoms with Crippen LogP contribution in [0.25, 0.3) is 0 Å². The second kappa shape index (κ2) is 8.25. The Morgan fingerprint density at radius 3 is 1.53 bits per heavy atom. The molecule has 0 saturated carbocycles. The first-order valence-electron chi connectivity index (χ1n) is 7.15. The van der Waals surface area contributed by atoms with Gasteiger partial charge in [0.15, 0.2) is 0 Å². The molecule has 30 heavy (non-hydrogen) atoms. The van der Waals surface area contributed by atoms with Gasteiger partial charge in [-0.25, -0.2) is 0 Å². The van der Waals surface area contributed by atoms with Crippen LogP contribution in [0, 0.1) is 28.6 Å². The lowest BCUT2D eigenvalue weighted by molar-refractivity contribution is -0.329. The van der Waals surface area contributed by atoms with Crippen LogP contribution in [0.1, 0.15) is 0 Å². The van der Waals surface area contributed by atoms with Crippen molar-refractivity contribution in [2.24, 2.45) is 5.92 Å². The third-order valence-electron chi connectivity index (χ3n) is 3.33. The maximum absolute atomic E-state index is 12.6. The second-order valence-electron chi connectivity index (χ2n) is 5.50. The van der Waals surface area contributed by atoms with E-state index in [1.807, 2.05) is 0 Å². The first-order chi connectivity index (χ1) is 13.3. The van der Waals surface area contributed by atoms with Gasteiger partial charge in [0.05, 0.1) is 17.7 Å². The van der Waals surface area contributed by atoms with E-state index < -0.39 is 60.3 Å². The molecule has 2 unspecified atom stereocenters. The van der Waals surface area contributed by atoms with Crippen molar-refractivity contribution in [3.63, 3.8) is 0 Å². The van der Waals surface area contributed by atoms with Crippen molar-refractivity contribution in [3.05, 3.63) is 23.5 Å². The summed E-state index contributed by atoms with van der Waals surface area (Å²) in [4.78, 5) is 0. The van der Waals surface area contributed by atoms with E-state index in [2.05, 4.69) is 9.47 Å². The lowest BCUT2D eigenvalue weighted by Crippen LogP contribution is -2.48. The van der Waals surface area contributed by atoms with Gasteiger partial charge in [0.2, 0.25) is 6.10 Å². The zero-order valence-electron chi connectivity index (χ0n) is 13.7. The number of nitrogens with zero attached hydrogens (tertiary/aromatic N) is 2. The smallest absolute Gasteiger partial charge is 0.434 e. The summed E-state index contributed by atoms with van der Waals surface area (Å²) in [5.41, 5.74) is -1.38. The minimum absolute atomic E-state index is 0.0886. The lowest BCUT2D eigenvalue weighted by Gasteiger charge is -2.31. The highest BCUT2D eigenvalue weighted by Crippen LogP contribution is 2.41. The van der Waals surface area contributed by atoms with Gasteiger partial charge in [-0.2, -0.15) is 63.2 Å². The van der Waals surface area contributed by atoms with Gasteiger partial charge in [0.1, 0.15) is 17.7 Å². The monoisotopic (exact) mass is 462 g/mol. The minimum atomic E-state index is -6.05. The van der Waals surface area contributed by atoms with E-state index in [1.54, 1.807) is 0 Å². The molecule has 0 bridgehead atoms. The SMILES string of the molecule is N#CC1=C(OC(C(F)(F)F)C(F)(F)F)C=CC(OC(C(F)(F)F)C(F)(F)F)C1C#N. The highest BCUT2D eigenvalue weighted by Gasteiger charge is 2.61. The predicted molar refractivity (Wildman–Crippen MR) is 68.6 cm³/mol. The van der Waals surface area contributed by atoms with Gasteiger partial charge in [0, 0.05) is 0 Å². The van der Waals surface area contributed by atoms with Crippen molar-refractivity contribution in [2.45, 2.75) is 43.0 Å². The van der Waals surface area contributed by atoms with Crippen LogP contribution in [0.15, 0.2) is 23.5 Å². The summed E-state index contributed by atoms with van der Waals surface area (Å²) in [6, 6.07) is 1.96. The van der Waals surface area contributed by atoms with Crippen LogP contribution in [0.4, 0.5) is 52.7 Å². The van der Waals surface area contributed by atoms with Crippen LogP contribution in [0.2, 0.25) is 0 Å². The number of halogens is 12. The van der Waals surface area contributed by atoms with Gasteiger partial charge in [-0.1, -0.05) is 6.08 Å². The molecular weight excluding hydrogens is 456 g/mol. The Hall–Kier alpha value is -2.62. The molecule has 0 heterocycles. The van der Waals surface area contributed by atoms with Crippen LogP contribution in [-0.2, 0) is 9.47 Å². The van der Waals surface area contributed by atoms with Crippen LogP contribution in [-0.4, -0.2) is 43.0 Å². The normalized spacial score (nSPS) is 21.1. The molecule has 0 spiro atoms. The van der Waals surface area contributed by atoms with Crippen LogP contribution in [0.5, 0.6) is 0 Å². The van der Waals surface area contributed by atoms with Crippen LogP contribution in [0.3, 0.4) is 0 Å². The summed E-state index contributed by atoms with van der Waals surface area (Å²) >= 11 is 0. The Morgan fingerprint density at radius 1 is 0.767 bits per heavy atom. The summed E-state index contributed by atoms with van der Waals surface area (Å²) in [7, 11) is 0. The first-order valence-corrected chi connectivity index (χ1v) is 7.15. The van der Waals surface area contributed by atoms with E-state index >= 15 is 0 Å². The highest BCUT2D eigenvalue weighted by molar-refractivity contribution is 5.42. The molecule has 0 aromatic heterocycles. The zero-order valence-corrected chi connectivity index (χ0v) is 13.7. The van der Waals surface area contributed by atoms with E-state index in [-0.39, 0.29) is 12.2 Å². The number of hydrogen-bond donors (Lipinski definition) is 0. The van der Waals surface area contributed by atoms with Crippen LogP contribution >= 0.6 is 0 Å². The number of nitriles is 2. The zero-order chi connectivity index (χ0) is 23.7. The average Bonchev–Trinajstić information content (AvgIpc) is 2.52. The standard InChI is InChI=1S/C14H6F12N2O2/c15-11(16,17)9(12(18,19)20)29-7-1-2-8(6(4-28)5(7)3-27)30-10(13(21,22)23)14(24,25)26/h1-2,5,7,9-10H. The number of rotatable bonds is 4. The molecule has 0 saturated heterocycles. The molecule has 0 amide bonds. The second-order valence-corrected chi connectivity index (χ2v) is 5.50. The molecular formula is C14H6F12N2O2. The Kier molecular flexibility index (Phi) is 6.99. The molecule has 0 aromatic rings. The quantitative estimate of drug-likeness (QED) is 0.560. The number of hydrogen-bond acceptors (Lipinski definition) is 4. The van der Waals surface area contributed by atoms with Gasteiger partial charge < -0.3 is 9.47 Å². The van der Waals surface area contributed by atoms with Crippen molar-refractivity contribution in [3.8, 4) is 12.1 Å². The molecule has 0 radical (unpaired) electrons. The fourth-order valence-corrected chi connectivity index (χ4v) is 2.13. The Morgan fingerprint density at radius 2 is 1.20 bits per heavy atom. The number of allylic oxidation sites excluding steroid dienone is 1. The third kappa shape index (κ3) is 5.94. The molecule has 0 aromatic carbocycles. The predicted octanol–water partition coefficient (Wildman–Crippen LogP) is 4.86. The molecule has 2 atom stereocenters. The minimum Gasteiger partial charge on any atom is -0.470 e. The van der Waals surface area contributed by atoms with E-state index in [4.69, 9.17) is 10.5 Å². The topological polar surface area (TPSA) is 66.0 Å². The fraction of sp³-hybridized carbons (Fsp3) is 0.571. The van der Waals surface area contributed by atoms with Crippen molar-refractivity contribution in [2.75, 3.05) is 0 Å². The third-order valence-corrected chi connectivity index (χ3v) is 3.33. The Labute approximate surface area is 158 Å². The molecule has 1 aliphatic rings. The average molecular weight is 462 g/mol. The maximum Gasteiger partial charge on any atom is 0.434 e. The summed E-state index contributed by atoms with van der Waals surface area (Å²) < 4.78 is 159. The summed E-state index contributed by atoms with van der Waals surface area (Å²) in [6.45, 7) is 0. The first kappa shape index (κ1) is 25.4. The summed E-state index contributed by atoms with van der Waals surface area (Å²) in [6.07, 6.45) is -35.3. The van der Waals surface area contributed by atoms with E-state index in [0.29, 0.717) is 0 Å². The van der Waals surface area contributed by atoms with E-state index in [0.717, 1.165) is 12.1 Å². The van der Waals surface area contributed by atoms with E-state index in [9.17, 15) is 52.7 Å². The largest absolute Gasteiger partial charge is 0.470 e. The van der Waals surface area contributed by atoms with E-state index in [1.165, 1.54) is 0 Å². The van der Waals surface area contributed by atoms with Crippen LogP contribution < -0.4 is 0 Å². The molecule has 4 nitrogen and oxygen atoms in total. The molecule has 0 N–H and O–H groups in total. The van der Waals surface area contributed by atoms with Gasteiger partial charge in [-0.3, -0.25) is 0 Å². The molecule has 0 fully saturated rings. The summed E-state index contributed by atoms with van der Waals surface area (Å²) in [5, 5.41) is 17.9. The van der Waals surface area contributed by atoms with Gasteiger partial charge in [0.25, 0.3) is 6.10 Å². The molecule has 0 aliphatic heterocycles. The molecule has 16 heteroatoms. The van der Waals surface area contributed by atoms with Crippen molar-refractivity contribution in [1.82, 2.24) is 0 Å². The molecule has 1 rings (SSSR count). The number of ether oxygens (including phenoxy) is 2.